The maximum Gasteiger partial charge on any atom is 0.416 e. The molecule has 1 aromatic carbocycles. The van der Waals surface area contributed by atoms with Crippen LogP contribution in [-0.4, -0.2) is 44.9 Å². The minimum absolute atomic E-state index is 0.0475. The van der Waals surface area contributed by atoms with Gasteiger partial charge in [-0.05, 0) is 38.4 Å². The van der Waals surface area contributed by atoms with Crippen molar-refractivity contribution in [3.63, 3.8) is 0 Å². The van der Waals surface area contributed by atoms with Gasteiger partial charge in [-0.1, -0.05) is 6.07 Å². The van der Waals surface area contributed by atoms with E-state index in [-0.39, 0.29) is 18.2 Å². The van der Waals surface area contributed by atoms with Crippen molar-refractivity contribution in [3.05, 3.63) is 59.5 Å². The van der Waals surface area contributed by atoms with Crippen LogP contribution in [0.4, 0.5) is 19.0 Å². The summed E-state index contributed by atoms with van der Waals surface area (Å²) in [5.74, 6) is -0.0568. The molecule has 0 saturated heterocycles. The Hall–Kier alpha value is -3.34. The molecule has 2 aromatic heterocycles. The van der Waals surface area contributed by atoms with Gasteiger partial charge in [0.25, 0.3) is 5.91 Å². The van der Waals surface area contributed by atoms with Gasteiger partial charge in [0, 0.05) is 18.8 Å². The zero-order chi connectivity index (χ0) is 21.0. The second-order valence-corrected chi connectivity index (χ2v) is 6.51. The number of aromatic nitrogens is 4. The van der Waals surface area contributed by atoms with Crippen LogP contribution in [0.2, 0.25) is 0 Å². The van der Waals surface area contributed by atoms with E-state index in [0.29, 0.717) is 12.4 Å². The molecular weight excluding hydrogens is 389 g/mol. The van der Waals surface area contributed by atoms with E-state index in [2.05, 4.69) is 20.6 Å². The Morgan fingerprint density at radius 1 is 1.28 bits per heavy atom. The fourth-order valence-corrected chi connectivity index (χ4v) is 2.49. The SMILES string of the molecule is CN(C)Cc1cc(NC(=O)c2ccn(COc3cccc(C(F)(F)F)c3)n2)n[nH]1. The number of carbonyl (C=O) groups excluding carboxylic acids is 1. The molecule has 0 spiro atoms. The number of rotatable bonds is 7. The summed E-state index contributed by atoms with van der Waals surface area (Å²) in [5.41, 5.74) is 0.156. The molecule has 0 saturated carbocycles. The van der Waals surface area contributed by atoms with Crippen LogP contribution in [0.1, 0.15) is 21.7 Å². The number of H-pyrrole nitrogens is 1. The number of nitrogens with zero attached hydrogens (tertiary/aromatic N) is 4. The summed E-state index contributed by atoms with van der Waals surface area (Å²) < 4.78 is 44.8. The predicted octanol–water partition coefficient (Wildman–Crippen LogP) is 2.98. The van der Waals surface area contributed by atoms with E-state index in [9.17, 15) is 18.0 Å². The lowest BCUT2D eigenvalue weighted by Gasteiger charge is -2.10. The van der Waals surface area contributed by atoms with Crippen LogP contribution < -0.4 is 10.1 Å². The number of halogens is 3. The van der Waals surface area contributed by atoms with E-state index in [0.717, 1.165) is 17.8 Å². The number of hydrogen-bond acceptors (Lipinski definition) is 5. The summed E-state index contributed by atoms with van der Waals surface area (Å²) in [6.07, 6.45) is -2.96. The maximum absolute atomic E-state index is 12.7. The van der Waals surface area contributed by atoms with Crippen LogP contribution in [0.15, 0.2) is 42.6 Å². The lowest BCUT2D eigenvalue weighted by atomic mass is 10.2. The predicted molar refractivity (Wildman–Crippen MR) is 98.2 cm³/mol. The molecule has 0 aliphatic carbocycles. The summed E-state index contributed by atoms with van der Waals surface area (Å²) in [6, 6.07) is 7.72. The lowest BCUT2D eigenvalue weighted by molar-refractivity contribution is -0.137. The lowest BCUT2D eigenvalue weighted by Crippen LogP contribution is -2.14. The molecule has 2 N–H and O–H groups in total. The van der Waals surface area contributed by atoms with Crippen molar-refractivity contribution in [1.82, 2.24) is 24.9 Å². The first-order chi connectivity index (χ1) is 13.7. The Morgan fingerprint density at radius 2 is 2.07 bits per heavy atom. The summed E-state index contributed by atoms with van der Waals surface area (Å²) in [4.78, 5) is 14.2. The zero-order valence-electron chi connectivity index (χ0n) is 15.7. The van der Waals surface area contributed by atoms with Gasteiger partial charge in [-0.2, -0.15) is 23.4 Å². The van der Waals surface area contributed by atoms with Crippen LogP contribution >= 0.6 is 0 Å². The molecule has 3 aromatic rings. The van der Waals surface area contributed by atoms with Crippen molar-refractivity contribution in [2.45, 2.75) is 19.5 Å². The fourth-order valence-electron chi connectivity index (χ4n) is 2.49. The normalized spacial score (nSPS) is 11.7. The summed E-state index contributed by atoms with van der Waals surface area (Å²) in [6.45, 7) is 0.494. The number of nitrogens with one attached hydrogen (secondary N) is 2. The average molecular weight is 408 g/mol. The van der Waals surface area contributed by atoms with Gasteiger partial charge in [-0.25, -0.2) is 4.68 Å². The number of hydrogen-bond donors (Lipinski definition) is 2. The molecule has 0 bridgehead atoms. The molecule has 0 unspecified atom stereocenters. The fraction of sp³-hybridized carbons (Fsp3) is 0.278. The van der Waals surface area contributed by atoms with Crippen LogP contribution in [0.25, 0.3) is 0 Å². The van der Waals surface area contributed by atoms with E-state index in [4.69, 9.17) is 4.74 Å². The Kier molecular flexibility index (Phi) is 5.87. The second kappa shape index (κ2) is 8.35. The van der Waals surface area contributed by atoms with Crippen molar-refractivity contribution < 1.29 is 22.7 Å². The highest BCUT2D eigenvalue weighted by Gasteiger charge is 2.30. The first kappa shape index (κ1) is 20.4. The highest BCUT2D eigenvalue weighted by atomic mass is 19.4. The molecule has 0 atom stereocenters. The largest absolute Gasteiger partial charge is 0.471 e. The van der Waals surface area contributed by atoms with Gasteiger partial charge in [0.1, 0.15) is 5.75 Å². The summed E-state index contributed by atoms with van der Waals surface area (Å²) in [5, 5.41) is 13.5. The van der Waals surface area contributed by atoms with Gasteiger partial charge in [0.15, 0.2) is 18.2 Å². The Morgan fingerprint density at radius 3 is 2.79 bits per heavy atom. The average Bonchev–Trinajstić information content (AvgIpc) is 3.28. The van der Waals surface area contributed by atoms with Crippen molar-refractivity contribution in [2.75, 3.05) is 19.4 Å². The Bertz CT molecular complexity index is 980. The van der Waals surface area contributed by atoms with Crippen molar-refractivity contribution in [1.29, 1.82) is 0 Å². The standard InChI is InChI=1S/C18H19F3N6O2/c1-26(2)10-13-9-16(24-23-13)22-17(28)15-6-7-27(25-15)11-29-14-5-3-4-12(8-14)18(19,20)21/h3-9H,10-11H2,1-2H3,(H2,22,23,24,28). The number of carbonyl (C=O) groups is 1. The Labute approximate surface area is 164 Å². The summed E-state index contributed by atoms with van der Waals surface area (Å²) >= 11 is 0. The topological polar surface area (TPSA) is 88.1 Å². The molecule has 8 nitrogen and oxygen atoms in total. The third-order valence-corrected chi connectivity index (χ3v) is 3.76. The summed E-state index contributed by atoms with van der Waals surface area (Å²) in [7, 11) is 3.82. The number of ether oxygens (including phenoxy) is 1. The minimum atomic E-state index is -4.45. The van der Waals surface area contributed by atoms with Gasteiger partial charge >= 0.3 is 6.18 Å². The molecular formula is C18H19F3N6O2. The zero-order valence-corrected chi connectivity index (χ0v) is 15.7. The van der Waals surface area contributed by atoms with Gasteiger partial charge in [0.05, 0.1) is 11.3 Å². The van der Waals surface area contributed by atoms with Gasteiger partial charge in [-0.3, -0.25) is 9.89 Å². The molecule has 29 heavy (non-hydrogen) atoms. The first-order valence-electron chi connectivity index (χ1n) is 8.54. The quantitative estimate of drug-likeness (QED) is 0.628. The maximum atomic E-state index is 12.7. The first-order valence-corrected chi connectivity index (χ1v) is 8.54. The van der Waals surface area contributed by atoms with E-state index in [1.165, 1.54) is 29.1 Å². The van der Waals surface area contributed by atoms with Gasteiger partial charge in [0.2, 0.25) is 0 Å². The number of benzene rings is 1. The second-order valence-electron chi connectivity index (χ2n) is 6.51. The molecule has 154 valence electrons. The van der Waals surface area contributed by atoms with E-state index in [1.54, 1.807) is 6.07 Å². The Balaban J connectivity index is 1.58. The molecule has 0 radical (unpaired) electrons. The van der Waals surface area contributed by atoms with E-state index in [1.807, 2.05) is 19.0 Å². The molecule has 0 aliphatic heterocycles. The smallest absolute Gasteiger partial charge is 0.416 e. The van der Waals surface area contributed by atoms with Crippen molar-refractivity contribution >= 4 is 11.7 Å². The van der Waals surface area contributed by atoms with Crippen LogP contribution in [0, 0.1) is 0 Å². The van der Waals surface area contributed by atoms with Crippen molar-refractivity contribution in [2.24, 2.45) is 0 Å². The van der Waals surface area contributed by atoms with Crippen LogP contribution in [-0.2, 0) is 19.5 Å². The van der Waals surface area contributed by atoms with Crippen molar-refractivity contribution in [3.8, 4) is 5.75 Å². The number of amides is 1. The molecule has 0 fully saturated rings. The van der Waals surface area contributed by atoms with E-state index < -0.39 is 17.6 Å². The van der Waals surface area contributed by atoms with E-state index >= 15 is 0 Å². The molecule has 1 amide bonds. The van der Waals surface area contributed by atoms with Gasteiger partial charge < -0.3 is 15.0 Å². The monoisotopic (exact) mass is 408 g/mol. The number of anilines is 1. The minimum Gasteiger partial charge on any atom is -0.471 e. The third kappa shape index (κ3) is 5.57. The highest BCUT2D eigenvalue weighted by Crippen LogP contribution is 2.31. The molecule has 3 rings (SSSR count). The van der Waals surface area contributed by atoms with Crippen LogP contribution in [0.3, 0.4) is 0 Å². The number of aromatic amines is 1. The highest BCUT2D eigenvalue weighted by molar-refractivity contribution is 6.02. The molecule has 0 aliphatic rings. The third-order valence-electron chi connectivity index (χ3n) is 3.76. The van der Waals surface area contributed by atoms with Gasteiger partial charge in [-0.15, -0.1) is 0 Å². The van der Waals surface area contributed by atoms with Crippen LogP contribution in [0.5, 0.6) is 5.75 Å². The molecule has 11 heteroatoms. The number of alkyl halides is 3. The molecule has 2 heterocycles.